The number of nitrogens with one attached hydrogen (secondary N) is 1. The SMILES string of the molecule is Cc1ccc(C)c(-n2nc(C3CCCCC3)c3c2NCC3)c1. The van der Waals surface area contributed by atoms with Crippen LogP contribution < -0.4 is 5.32 Å². The maximum Gasteiger partial charge on any atom is 0.133 e. The summed E-state index contributed by atoms with van der Waals surface area (Å²) >= 11 is 0. The second kappa shape index (κ2) is 5.45. The average Bonchev–Trinajstić information content (AvgIpc) is 3.13. The van der Waals surface area contributed by atoms with Gasteiger partial charge < -0.3 is 5.32 Å². The summed E-state index contributed by atoms with van der Waals surface area (Å²) in [7, 11) is 0. The van der Waals surface area contributed by atoms with Crippen molar-refractivity contribution in [1.29, 1.82) is 0 Å². The third-order valence-corrected chi connectivity index (χ3v) is 5.27. The van der Waals surface area contributed by atoms with Crippen molar-refractivity contribution in [3.63, 3.8) is 0 Å². The summed E-state index contributed by atoms with van der Waals surface area (Å²) in [6.45, 7) is 5.39. The van der Waals surface area contributed by atoms with Crippen LogP contribution in [0.15, 0.2) is 18.2 Å². The largest absolute Gasteiger partial charge is 0.369 e. The first-order chi connectivity index (χ1) is 10.7. The average molecular weight is 295 g/mol. The van der Waals surface area contributed by atoms with E-state index in [2.05, 4.69) is 42.0 Å². The van der Waals surface area contributed by atoms with Crippen LogP contribution in [0, 0.1) is 13.8 Å². The molecule has 0 bridgehead atoms. The molecule has 3 heteroatoms. The van der Waals surface area contributed by atoms with Crippen LogP contribution in [0.25, 0.3) is 5.69 Å². The number of aromatic nitrogens is 2. The van der Waals surface area contributed by atoms with Crippen LogP contribution in [-0.4, -0.2) is 16.3 Å². The topological polar surface area (TPSA) is 29.9 Å². The molecule has 0 unspecified atom stereocenters. The predicted molar refractivity (Wildman–Crippen MR) is 91.1 cm³/mol. The van der Waals surface area contributed by atoms with Gasteiger partial charge in [-0.25, -0.2) is 4.68 Å². The molecule has 1 fully saturated rings. The third kappa shape index (κ3) is 2.23. The number of nitrogens with zero attached hydrogens (tertiary/aromatic N) is 2. The van der Waals surface area contributed by atoms with E-state index in [0.717, 1.165) is 13.0 Å². The fourth-order valence-corrected chi connectivity index (χ4v) is 4.03. The van der Waals surface area contributed by atoms with Gasteiger partial charge >= 0.3 is 0 Å². The first kappa shape index (κ1) is 13.9. The van der Waals surface area contributed by atoms with Crippen LogP contribution in [0.4, 0.5) is 5.82 Å². The van der Waals surface area contributed by atoms with Gasteiger partial charge in [0.1, 0.15) is 5.82 Å². The molecule has 4 rings (SSSR count). The highest BCUT2D eigenvalue weighted by Gasteiger charge is 2.28. The molecule has 1 N–H and O–H groups in total. The number of hydrogen-bond acceptors (Lipinski definition) is 2. The maximum atomic E-state index is 5.08. The minimum atomic E-state index is 0.675. The van der Waals surface area contributed by atoms with E-state index in [0.29, 0.717) is 5.92 Å². The molecular formula is C19H25N3. The lowest BCUT2D eigenvalue weighted by Crippen LogP contribution is -2.10. The van der Waals surface area contributed by atoms with Crippen molar-refractivity contribution in [2.24, 2.45) is 0 Å². The summed E-state index contributed by atoms with van der Waals surface area (Å²) in [5.41, 5.74) is 6.67. The summed E-state index contributed by atoms with van der Waals surface area (Å²) in [5, 5.41) is 8.66. The van der Waals surface area contributed by atoms with Crippen molar-refractivity contribution in [2.45, 2.75) is 58.3 Å². The van der Waals surface area contributed by atoms with Crippen LogP contribution >= 0.6 is 0 Å². The Bertz CT molecular complexity index is 693. The van der Waals surface area contributed by atoms with Gasteiger partial charge in [0.25, 0.3) is 0 Å². The van der Waals surface area contributed by atoms with Crippen LogP contribution in [0.3, 0.4) is 0 Å². The minimum Gasteiger partial charge on any atom is -0.369 e. The Morgan fingerprint density at radius 2 is 1.95 bits per heavy atom. The molecule has 0 amide bonds. The molecule has 0 saturated heterocycles. The highest BCUT2D eigenvalue weighted by molar-refractivity contribution is 5.59. The van der Waals surface area contributed by atoms with Gasteiger partial charge in [-0.2, -0.15) is 5.10 Å². The molecule has 1 aromatic heterocycles. The Morgan fingerprint density at radius 1 is 1.14 bits per heavy atom. The normalized spacial score (nSPS) is 18.3. The van der Waals surface area contributed by atoms with Crippen molar-refractivity contribution in [3.8, 4) is 5.69 Å². The Labute approximate surface area is 132 Å². The lowest BCUT2D eigenvalue weighted by molar-refractivity contribution is 0.433. The van der Waals surface area contributed by atoms with Gasteiger partial charge in [0.2, 0.25) is 0 Å². The molecule has 1 aromatic carbocycles. The van der Waals surface area contributed by atoms with Crippen molar-refractivity contribution in [2.75, 3.05) is 11.9 Å². The zero-order chi connectivity index (χ0) is 15.1. The monoisotopic (exact) mass is 295 g/mol. The van der Waals surface area contributed by atoms with Crippen LogP contribution in [-0.2, 0) is 6.42 Å². The quantitative estimate of drug-likeness (QED) is 0.883. The molecule has 0 radical (unpaired) electrons. The van der Waals surface area contributed by atoms with E-state index in [1.165, 1.54) is 66.0 Å². The summed E-state index contributed by atoms with van der Waals surface area (Å²) in [6.07, 6.45) is 7.89. The molecule has 2 aromatic rings. The van der Waals surface area contributed by atoms with Gasteiger partial charge in [0.05, 0.1) is 11.4 Å². The number of anilines is 1. The van der Waals surface area contributed by atoms with E-state index < -0.39 is 0 Å². The van der Waals surface area contributed by atoms with Crippen LogP contribution in [0.5, 0.6) is 0 Å². The van der Waals surface area contributed by atoms with Gasteiger partial charge in [-0.1, -0.05) is 31.4 Å². The number of fused-ring (bicyclic) bond motifs is 1. The van der Waals surface area contributed by atoms with E-state index in [9.17, 15) is 0 Å². The van der Waals surface area contributed by atoms with Crippen LogP contribution in [0.2, 0.25) is 0 Å². The first-order valence-electron chi connectivity index (χ1n) is 8.67. The van der Waals surface area contributed by atoms with E-state index in [1.807, 2.05) is 0 Å². The van der Waals surface area contributed by atoms with Gasteiger partial charge in [-0.15, -0.1) is 0 Å². The van der Waals surface area contributed by atoms with Crippen LogP contribution in [0.1, 0.15) is 60.4 Å². The standard InChI is InChI=1S/C19H25N3/c1-13-8-9-14(2)17(12-13)22-19-16(10-11-20-19)18(21-22)15-6-4-3-5-7-15/h8-9,12,15,20H,3-7,10-11H2,1-2H3. The minimum absolute atomic E-state index is 0.675. The molecule has 3 nitrogen and oxygen atoms in total. The molecule has 1 aliphatic heterocycles. The molecule has 1 aliphatic carbocycles. The van der Waals surface area contributed by atoms with E-state index in [1.54, 1.807) is 0 Å². The Kier molecular flexibility index (Phi) is 3.44. The summed E-state index contributed by atoms with van der Waals surface area (Å²) in [5.74, 6) is 1.92. The lowest BCUT2D eigenvalue weighted by atomic mass is 9.85. The second-order valence-electron chi connectivity index (χ2n) is 6.93. The van der Waals surface area contributed by atoms with Crippen molar-refractivity contribution in [3.05, 3.63) is 40.6 Å². The molecular weight excluding hydrogens is 270 g/mol. The van der Waals surface area contributed by atoms with E-state index in [4.69, 9.17) is 5.10 Å². The second-order valence-corrected chi connectivity index (χ2v) is 6.93. The molecule has 22 heavy (non-hydrogen) atoms. The summed E-state index contributed by atoms with van der Waals surface area (Å²) in [4.78, 5) is 0. The van der Waals surface area contributed by atoms with Gasteiger partial charge in [0, 0.05) is 18.0 Å². The lowest BCUT2D eigenvalue weighted by Gasteiger charge is -2.20. The number of benzene rings is 1. The number of aryl methyl sites for hydroxylation is 2. The predicted octanol–water partition coefficient (Wildman–Crippen LogP) is 4.50. The number of hydrogen-bond donors (Lipinski definition) is 1. The molecule has 0 spiro atoms. The Morgan fingerprint density at radius 3 is 2.77 bits per heavy atom. The summed E-state index contributed by atoms with van der Waals surface area (Å²) in [6, 6.07) is 6.64. The Hall–Kier alpha value is -1.77. The smallest absolute Gasteiger partial charge is 0.133 e. The van der Waals surface area contributed by atoms with Crippen molar-refractivity contribution in [1.82, 2.24) is 9.78 Å². The van der Waals surface area contributed by atoms with E-state index >= 15 is 0 Å². The number of rotatable bonds is 2. The molecule has 1 saturated carbocycles. The van der Waals surface area contributed by atoms with Gasteiger partial charge in [-0.3, -0.25) is 0 Å². The third-order valence-electron chi connectivity index (χ3n) is 5.27. The van der Waals surface area contributed by atoms with Crippen molar-refractivity contribution >= 4 is 5.82 Å². The molecule has 2 heterocycles. The molecule has 2 aliphatic rings. The summed E-state index contributed by atoms with van der Waals surface area (Å²) < 4.78 is 2.18. The fraction of sp³-hybridized carbons (Fsp3) is 0.526. The Balaban J connectivity index is 1.82. The highest BCUT2D eigenvalue weighted by Crippen LogP contribution is 2.39. The maximum absolute atomic E-state index is 5.08. The zero-order valence-electron chi connectivity index (χ0n) is 13.7. The first-order valence-corrected chi connectivity index (χ1v) is 8.67. The highest BCUT2D eigenvalue weighted by atomic mass is 15.3. The fourth-order valence-electron chi connectivity index (χ4n) is 4.03. The van der Waals surface area contributed by atoms with Gasteiger partial charge in [-0.05, 0) is 50.3 Å². The van der Waals surface area contributed by atoms with E-state index in [-0.39, 0.29) is 0 Å². The zero-order valence-corrected chi connectivity index (χ0v) is 13.7. The van der Waals surface area contributed by atoms with Gasteiger partial charge in [0.15, 0.2) is 0 Å². The molecule has 0 atom stereocenters. The van der Waals surface area contributed by atoms with Crippen molar-refractivity contribution < 1.29 is 0 Å². The molecule has 116 valence electrons.